The van der Waals surface area contributed by atoms with Gasteiger partial charge >= 0.3 is 0 Å². The van der Waals surface area contributed by atoms with Crippen molar-refractivity contribution in [3.63, 3.8) is 0 Å². The van der Waals surface area contributed by atoms with Crippen LogP contribution in [0.5, 0.6) is 0 Å². The van der Waals surface area contributed by atoms with Crippen molar-refractivity contribution in [2.75, 3.05) is 24.7 Å². The number of anilines is 1. The fourth-order valence-corrected chi connectivity index (χ4v) is 1.52. The molecule has 0 radical (unpaired) electrons. The molecule has 1 heterocycles. The summed E-state index contributed by atoms with van der Waals surface area (Å²) in [5.41, 5.74) is 5.37. The lowest BCUT2D eigenvalue weighted by Gasteiger charge is -2.00. The third-order valence-electron chi connectivity index (χ3n) is 1.58. The Balaban J connectivity index is 1.99. The predicted octanol–water partition coefficient (Wildman–Crippen LogP) is 1.30. The second-order valence-electron chi connectivity index (χ2n) is 2.82. The molecule has 1 aromatic rings. The first kappa shape index (κ1) is 11.3. The minimum Gasteiger partial charge on any atom is -0.381 e. The Kier molecular flexibility index (Phi) is 5.39. The molecule has 0 aliphatic carbocycles. The summed E-state index contributed by atoms with van der Waals surface area (Å²) < 4.78 is 5.38. The number of thioether (sulfide) groups is 1. The molecule has 0 atom stereocenters. The smallest absolute Gasteiger partial charge is 0.216 e. The number of nitrogen functional groups attached to an aromatic ring is 1. The number of nitrogens with zero attached hydrogens (tertiary/aromatic N) is 2. The highest BCUT2D eigenvalue weighted by Gasteiger charge is 1.99. The first-order valence-corrected chi connectivity index (χ1v) is 5.70. The summed E-state index contributed by atoms with van der Waals surface area (Å²) in [7, 11) is 0. The summed E-state index contributed by atoms with van der Waals surface area (Å²) in [4.78, 5) is 3.96. The van der Waals surface area contributed by atoms with Crippen LogP contribution in [-0.4, -0.2) is 34.1 Å². The lowest BCUT2D eigenvalue weighted by atomic mass is 10.4. The van der Waals surface area contributed by atoms with Crippen molar-refractivity contribution in [1.82, 2.24) is 15.2 Å². The minimum atomic E-state index is 0.361. The highest BCUT2D eigenvalue weighted by atomic mass is 32.2. The fraction of sp³-hybridized carbons (Fsp3) is 0.750. The first-order chi connectivity index (χ1) is 6.83. The largest absolute Gasteiger partial charge is 0.381 e. The van der Waals surface area contributed by atoms with E-state index in [1.807, 2.05) is 0 Å². The minimum absolute atomic E-state index is 0.361. The molecule has 0 spiro atoms. The van der Waals surface area contributed by atoms with Crippen LogP contribution in [0, 0.1) is 0 Å². The summed E-state index contributed by atoms with van der Waals surface area (Å²) in [5, 5.41) is 7.16. The van der Waals surface area contributed by atoms with Gasteiger partial charge in [0.05, 0.1) is 6.61 Å². The molecule has 6 heteroatoms. The van der Waals surface area contributed by atoms with Crippen LogP contribution < -0.4 is 5.73 Å². The van der Waals surface area contributed by atoms with Crippen LogP contribution >= 0.6 is 11.8 Å². The van der Waals surface area contributed by atoms with E-state index in [0.717, 1.165) is 25.4 Å². The van der Waals surface area contributed by atoms with E-state index in [1.54, 1.807) is 11.8 Å². The van der Waals surface area contributed by atoms with Gasteiger partial charge in [-0.2, -0.15) is 4.98 Å². The highest BCUT2D eigenvalue weighted by Crippen LogP contribution is 2.11. The van der Waals surface area contributed by atoms with E-state index in [9.17, 15) is 0 Å². The lowest BCUT2D eigenvalue weighted by molar-refractivity contribution is 0.147. The van der Waals surface area contributed by atoms with Gasteiger partial charge in [0.15, 0.2) is 0 Å². The average Bonchev–Trinajstić information content (AvgIpc) is 2.58. The quantitative estimate of drug-likeness (QED) is 0.530. The standard InChI is InChI=1S/C8H16N4OS/c1-2-3-4-13-5-6-14-8-10-7(9)11-12-8/h2-6H2,1H3,(H3,9,10,11,12). The lowest BCUT2D eigenvalue weighted by Crippen LogP contribution is -1.99. The van der Waals surface area contributed by atoms with E-state index in [4.69, 9.17) is 10.5 Å². The third kappa shape index (κ3) is 4.48. The Labute approximate surface area is 87.8 Å². The second-order valence-corrected chi connectivity index (χ2v) is 3.88. The van der Waals surface area contributed by atoms with Crippen molar-refractivity contribution < 1.29 is 4.74 Å². The molecule has 0 amide bonds. The molecule has 3 N–H and O–H groups in total. The van der Waals surface area contributed by atoms with Gasteiger partial charge in [0, 0.05) is 12.4 Å². The van der Waals surface area contributed by atoms with Crippen LogP contribution in [0.4, 0.5) is 5.95 Å². The molecule has 5 nitrogen and oxygen atoms in total. The van der Waals surface area contributed by atoms with Gasteiger partial charge in [-0.3, -0.25) is 0 Å². The fourth-order valence-electron chi connectivity index (χ4n) is 0.863. The summed E-state index contributed by atoms with van der Waals surface area (Å²) in [6.45, 7) is 3.72. The zero-order valence-corrected chi connectivity index (χ0v) is 9.14. The number of nitrogens with two attached hydrogens (primary N) is 1. The Morgan fingerprint density at radius 3 is 3.00 bits per heavy atom. The van der Waals surface area contributed by atoms with Gasteiger partial charge in [-0.05, 0) is 6.42 Å². The molecule has 14 heavy (non-hydrogen) atoms. The molecule has 0 bridgehead atoms. The maximum atomic E-state index is 5.38. The van der Waals surface area contributed by atoms with Crippen LogP contribution in [0.3, 0.4) is 0 Å². The van der Waals surface area contributed by atoms with Crippen molar-refractivity contribution in [2.24, 2.45) is 0 Å². The molecule has 0 fully saturated rings. The van der Waals surface area contributed by atoms with E-state index in [0.29, 0.717) is 11.1 Å². The van der Waals surface area contributed by atoms with Crippen molar-refractivity contribution in [2.45, 2.75) is 24.9 Å². The Bertz CT molecular complexity index is 253. The van der Waals surface area contributed by atoms with E-state index >= 15 is 0 Å². The molecule has 1 aromatic heterocycles. The van der Waals surface area contributed by atoms with Gasteiger partial charge < -0.3 is 10.5 Å². The number of aromatic amines is 1. The maximum absolute atomic E-state index is 5.38. The SMILES string of the molecule is CCCCOCCSc1n[nH]c(N)n1. The normalized spacial score (nSPS) is 10.6. The van der Waals surface area contributed by atoms with Crippen LogP contribution in [0.15, 0.2) is 5.16 Å². The topological polar surface area (TPSA) is 76.8 Å². The zero-order valence-electron chi connectivity index (χ0n) is 8.32. The van der Waals surface area contributed by atoms with E-state index in [1.165, 1.54) is 6.42 Å². The van der Waals surface area contributed by atoms with E-state index < -0.39 is 0 Å². The van der Waals surface area contributed by atoms with E-state index in [-0.39, 0.29) is 0 Å². The molecule has 0 saturated heterocycles. The highest BCUT2D eigenvalue weighted by molar-refractivity contribution is 7.99. The van der Waals surface area contributed by atoms with Gasteiger partial charge in [0.2, 0.25) is 11.1 Å². The van der Waals surface area contributed by atoms with Crippen molar-refractivity contribution in [1.29, 1.82) is 0 Å². The van der Waals surface area contributed by atoms with Crippen LogP contribution in [0.1, 0.15) is 19.8 Å². The van der Waals surface area contributed by atoms with Gasteiger partial charge in [-0.15, -0.1) is 5.10 Å². The molecule has 0 aliphatic rings. The molecule has 0 saturated carbocycles. The molecular formula is C8H16N4OS. The Morgan fingerprint density at radius 2 is 2.36 bits per heavy atom. The number of H-pyrrole nitrogens is 1. The van der Waals surface area contributed by atoms with Crippen LogP contribution in [0.25, 0.3) is 0 Å². The summed E-state index contributed by atoms with van der Waals surface area (Å²) in [5.74, 6) is 1.22. The Hall–Kier alpha value is -0.750. The summed E-state index contributed by atoms with van der Waals surface area (Å²) in [6, 6.07) is 0. The van der Waals surface area contributed by atoms with Gasteiger partial charge in [-0.25, -0.2) is 5.10 Å². The van der Waals surface area contributed by atoms with Crippen molar-refractivity contribution in [3.05, 3.63) is 0 Å². The number of ether oxygens (including phenoxy) is 1. The van der Waals surface area contributed by atoms with Crippen molar-refractivity contribution in [3.8, 4) is 0 Å². The number of unbranched alkanes of at least 4 members (excludes halogenated alkanes) is 1. The van der Waals surface area contributed by atoms with Crippen molar-refractivity contribution >= 4 is 17.7 Å². The number of aromatic nitrogens is 3. The van der Waals surface area contributed by atoms with Crippen LogP contribution in [-0.2, 0) is 4.74 Å². The van der Waals surface area contributed by atoms with Gasteiger partial charge in [0.1, 0.15) is 0 Å². The maximum Gasteiger partial charge on any atom is 0.216 e. The second kappa shape index (κ2) is 6.67. The summed E-state index contributed by atoms with van der Waals surface area (Å²) >= 11 is 1.54. The average molecular weight is 216 g/mol. The van der Waals surface area contributed by atoms with Gasteiger partial charge in [0.25, 0.3) is 0 Å². The molecular weight excluding hydrogens is 200 g/mol. The predicted molar refractivity (Wildman–Crippen MR) is 57.2 cm³/mol. The molecule has 0 unspecified atom stereocenters. The number of hydrogen-bond acceptors (Lipinski definition) is 5. The first-order valence-electron chi connectivity index (χ1n) is 4.71. The van der Waals surface area contributed by atoms with E-state index in [2.05, 4.69) is 22.1 Å². The molecule has 0 aliphatic heterocycles. The number of nitrogens with one attached hydrogen (secondary N) is 1. The summed E-state index contributed by atoms with van der Waals surface area (Å²) in [6.07, 6.45) is 2.29. The molecule has 1 rings (SSSR count). The number of rotatable bonds is 7. The molecule has 0 aromatic carbocycles. The monoisotopic (exact) mass is 216 g/mol. The van der Waals surface area contributed by atoms with Crippen LogP contribution in [0.2, 0.25) is 0 Å². The zero-order chi connectivity index (χ0) is 10.2. The number of hydrogen-bond donors (Lipinski definition) is 2. The third-order valence-corrected chi connectivity index (χ3v) is 2.39. The van der Waals surface area contributed by atoms with Gasteiger partial charge in [-0.1, -0.05) is 25.1 Å². The molecule has 80 valence electrons. The Morgan fingerprint density at radius 1 is 1.50 bits per heavy atom.